The lowest BCUT2D eigenvalue weighted by Crippen LogP contribution is -2.16. The largest absolute Gasteiger partial charge is 0.493 e. The van der Waals surface area contributed by atoms with Crippen molar-refractivity contribution in [1.29, 1.82) is 0 Å². The summed E-state index contributed by atoms with van der Waals surface area (Å²) in [5.41, 5.74) is 0.162. The predicted octanol–water partition coefficient (Wildman–Crippen LogP) is 3.35. The molecule has 2 rings (SSSR count). The third-order valence-corrected chi connectivity index (χ3v) is 3.62. The Labute approximate surface area is 113 Å². The molecule has 1 N–H and O–H groups in total. The lowest BCUT2D eigenvalue weighted by atomic mass is 9.90. The Morgan fingerprint density at radius 2 is 2.05 bits per heavy atom. The molecule has 1 aliphatic rings. The molecule has 4 heteroatoms. The number of hydrogen-bond donors (Lipinski definition) is 1. The van der Waals surface area contributed by atoms with Crippen LogP contribution in [0.1, 0.15) is 42.5 Å². The Kier molecular flexibility index (Phi) is 4.66. The molecular formula is C15H20O4. The second-order valence-corrected chi connectivity index (χ2v) is 4.96. The summed E-state index contributed by atoms with van der Waals surface area (Å²) in [6.45, 7) is 0.570. The zero-order chi connectivity index (χ0) is 13.7. The SMILES string of the molecule is COc1cccc(C(=O)O)c1OCC1CCCCC1. The quantitative estimate of drug-likeness (QED) is 0.886. The molecule has 4 nitrogen and oxygen atoms in total. The third kappa shape index (κ3) is 3.40. The van der Waals surface area contributed by atoms with Crippen LogP contribution in [-0.4, -0.2) is 24.8 Å². The zero-order valence-corrected chi connectivity index (χ0v) is 11.2. The topological polar surface area (TPSA) is 55.8 Å². The number of carboxylic acids is 1. The van der Waals surface area contributed by atoms with Crippen LogP contribution in [0.25, 0.3) is 0 Å². The van der Waals surface area contributed by atoms with Gasteiger partial charge in [-0.3, -0.25) is 0 Å². The van der Waals surface area contributed by atoms with Crippen molar-refractivity contribution >= 4 is 5.97 Å². The Morgan fingerprint density at radius 1 is 1.32 bits per heavy atom. The van der Waals surface area contributed by atoms with Crippen molar-refractivity contribution in [3.63, 3.8) is 0 Å². The minimum Gasteiger partial charge on any atom is -0.493 e. The van der Waals surface area contributed by atoms with E-state index in [9.17, 15) is 9.90 Å². The highest BCUT2D eigenvalue weighted by atomic mass is 16.5. The highest BCUT2D eigenvalue weighted by Crippen LogP contribution is 2.33. The van der Waals surface area contributed by atoms with Crippen molar-refractivity contribution in [3.05, 3.63) is 23.8 Å². The second-order valence-electron chi connectivity index (χ2n) is 4.96. The number of methoxy groups -OCH3 is 1. The van der Waals surface area contributed by atoms with Crippen LogP contribution in [-0.2, 0) is 0 Å². The summed E-state index contributed by atoms with van der Waals surface area (Å²) in [5, 5.41) is 9.19. The number of hydrogen-bond acceptors (Lipinski definition) is 3. The molecule has 0 aliphatic heterocycles. The molecule has 1 fully saturated rings. The average molecular weight is 264 g/mol. The van der Waals surface area contributed by atoms with Crippen molar-refractivity contribution in [2.24, 2.45) is 5.92 Å². The Bertz CT molecular complexity index is 436. The first-order chi connectivity index (χ1) is 9.22. The molecule has 1 aromatic rings. The first-order valence-corrected chi connectivity index (χ1v) is 6.75. The molecule has 0 radical (unpaired) electrons. The molecule has 104 valence electrons. The summed E-state index contributed by atoms with van der Waals surface area (Å²) in [4.78, 5) is 11.2. The van der Waals surface area contributed by atoms with Gasteiger partial charge in [-0.1, -0.05) is 25.3 Å². The van der Waals surface area contributed by atoms with Crippen LogP contribution in [0, 0.1) is 5.92 Å². The van der Waals surface area contributed by atoms with E-state index in [0.717, 1.165) is 12.8 Å². The van der Waals surface area contributed by atoms with Crippen molar-refractivity contribution in [2.75, 3.05) is 13.7 Å². The minimum absolute atomic E-state index is 0.162. The maximum atomic E-state index is 11.2. The molecular weight excluding hydrogens is 244 g/mol. The molecule has 0 bridgehead atoms. The van der Waals surface area contributed by atoms with Crippen LogP contribution in [0.5, 0.6) is 11.5 Å². The summed E-state index contributed by atoms with van der Waals surface area (Å²) in [5.74, 6) is 0.372. The highest BCUT2D eigenvalue weighted by molar-refractivity contribution is 5.92. The van der Waals surface area contributed by atoms with Gasteiger partial charge < -0.3 is 14.6 Å². The Morgan fingerprint density at radius 3 is 2.68 bits per heavy atom. The van der Waals surface area contributed by atoms with E-state index in [0.29, 0.717) is 24.0 Å². The van der Waals surface area contributed by atoms with E-state index in [1.54, 1.807) is 18.2 Å². The fraction of sp³-hybridized carbons (Fsp3) is 0.533. The summed E-state index contributed by atoms with van der Waals surface area (Å²) in [6, 6.07) is 4.93. The number of ether oxygens (including phenoxy) is 2. The van der Waals surface area contributed by atoms with E-state index >= 15 is 0 Å². The molecule has 0 amide bonds. The fourth-order valence-electron chi connectivity index (χ4n) is 2.55. The van der Waals surface area contributed by atoms with Crippen LogP contribution in [0.2, 0.25) is 0 Å². The summed E-state index contributed by atoms with van der Waals surface area (Å²) < 4.78 is 10.9. The van der Waals surface area contributed by atoms with Gasteiger partial charge in [0.1, 0.15) is 5.56 Å². The number of benzene rings is 1. The molecule has 1 aromatic carbocycles. The van der Waals surface area contributed by atoms with Crippen molar-refractivity contribution in [2.45, 2.75) is 32.1 Å². The van der Waals surface area contributed by atoms with Crippen molar-refractivity contribution in [3.8, 4) is 11.5 Å². The van der Waals surface area contributed by atoms with Crippen LogP contribution in [0.4, 0.5) is 0 Å². The first-order valence-electron chi connectivity index (χ1n) is 6.75. The van der Waals surface area contributed by atoms with Crippen molar-refractivity contribution < 1.29 is 19.4 Å². The van der Waals surface area contributed by atoms with E-state index in [1.165, 1.54) is 26.4 Å². The van der Waals surface area contributed by atoms with Gasteiger partial charge in [-0.05, 0) is 30.9 Å². The van der Waals surface area contributed by atoms with E-state index < -0.39 is 5.97 Å². The fourth-order valence-corrected chi connectivity index (χ4v) is 2.55. The first kappa shape index (κ1) is 13.7. The average Bonchev–Trinajstić information content (AvgIpc) is 2.45. The number of rotatable bonds is 5. The van der Waals surface area contributed by atoms with Crippen molar-refractivity contribution in [1.82, 2.24) is 0 Å². The van der Waals surface area contributed by atoms with Gasteiger partial charge in [-0.15, -0.1) is 0 Å². The van der Waals surface area contributed by atoms with Gasteiger partial charge in [0.2, 0.25) is 0 Å². The van der Waals surface area contributed by atoms with E-state index in [4.69, 9.17) is 9.47 Å². The number of carboxylic acid groups (broad SMARTS) is 1. The predicted molar refractivity (Wildman–Crippen MR) is 72.0 cm³/mol. The highest BCUT2D eigenvalue weighted by Gasteiger charge is 2.19. The smallest absolute Gasteiger partial charge is 0.339 e. The molecule has 1 aliphatic carbocycles. The van der Waals surface area contributed by atoms with E-state index in [1.807, 2.05) is 0 Å². The number of aromatic carboxylic acids is 1. The third-order valence-electron chi connectivity index (χ3n) is 3.62. The van der Waals surface area contributed by atoms with Gasteiger partial charge in [-0.2, -0.15) is 0 Å². The maximum absolute atomic E-state index is 11.2. The maximum Gasteiger partial charge on any atom is 0.339 e. The molecule has 0 saturated heterocycles. The normalized spacial score (nSPS) is 16.1. The molecule has 19 heavy (non-hydrogen) atoms. The van der Waals surface area contributed by atoms with Gasteiger partial charge in [-0.25, -0.2) is 4.79 Å². The van der Waals surface area contributed by atoms with Crippen LogP contribution < -0.4 is 9.47 Å². The van der Waals surface area contributed by atoms with Crippen LogP contribution >= 0.6 is 0 Å². The van der Waals surface area contributed by atoms with E-state index in [-0.39, 0.29) is 5.56 Å². The molecule has 0 unspecified atom stereocenters. The van der Waals surface area contributed by atoms with E-state index in [2.05, 4.69) is 0 Å². The lowest BCUT2D eigenvalue weighted by Gasteiger charge is -2.22. The van der Waals surface area contributed by atoms with Gasteiger partial charge in [0.25, 0.3) is 0 Å². The molecule has 0 aromatic heterocycles. The van der Waals surface area contributed by atoms with Gasteiger partial charge in [0.05, 0.1) is 13.7 Å². The Balaban J connectivity index is 2.10. The van der Waals surface area contributed by atoms with Gasteiger partial charge >= 0.3 is 5.97 Å². The minimum atomic E-state index is -0.988. The monoisotopic (exact) mass is 264 g/mol. The zero-order valence-electron chi connectivity index (χ0n) is 11.2. The summed E-state index contributed by atoms with van der Waals surface area (Å²) in [7, 11) is 1.52. The number of carbonyl (C=O) groups is 1. The number of para-hydroxylation sites is 1. The standard InChI is InChI=1S/C15H20O4/c1-18-13-9-5-8-12(15(16)17)14(13)19-10-11-6-3-2-4-7-11/h5,8-9,11H,2-4,6-7,10H2,1H3,(H,16,17). The van der Waals surface area contributed by atoms with Crippen LogP contribution in [0.15, 0.2) is 18.2 Å². The molecule has 1 saturated carbocycles. The van der Waals surface area contributed by atoms with Gasteiger partial charge in [0.15, 0.2) is 11.5 Å². The van der Waals surface area contributed by atoms with Gasteiger partial charge in [0, 0.05) is 0 Å². The molecule has 0 atom stereocenters. The molecule has 0 heterocycles. The second kappa shape index (κ2) is 6.45. The molecule has 0 spiro atoms. The lowest BCUT2D eigenvalue weighted by molar-refractivity contribution is 0.0689. The van der Waals surface area contributed by atoms with Crippen LogP contribution in [0.3, 0.4) is 0 Å². The Hall–Kier alpha value is -1.71. The summed E-state index contributed by atoms with van der Waals surface area (Å²) >= 11 is 0. The summed E-state index contributed by atoms with van der Waals surface area (Å²) in [6.07, 6.45) is 6.11.